The smallest absolute Gasteiger partial charge is 0.258 e. The van der Waals surface area contributed by atoms with E-state index in [0.717, 1.165) is 28.5 Å². The van der Waals surface area contributed by atoms with Gasteiger partial charge in [-0.15, -0.1) is 21.5 Å². The molecule has 0 atom stereocenters. The highest BCUT2D eigenvalue weighted by atomic mass is 32.2. The van der Waals surface area contributed by atoms with Crippen LogP contribution in [0.15, 0.2) is 57.8 Å². The Morgan fingerprint density at radius 3 is 2.96 bits per heavy atom. The van der Waals surface area contributed by atoms with Crippen LogP contribution in [0.5, 0.6) is 0 Å². The molecule has 0 unspecified atom stereocenters. The van der Waals surface area contributed by atoms with Crippen molar-refractivity contribution in [2.24, 2.45) is 0 Å². The van der Waals surface area contributed by atoms with E-state index >= 15 is 0 Å². The quantitative estimate of drug-likeness (QED) is 0.435. The van der Waals surface area contributed by atoms with Crippen molar-refractivity contribution in [3.63, 3.8) is 0 Å². The number of fused-ring (bicyclic) bond motifs is 4. The number of nitrogens with zero attached hydrogens (tertiary/aromatic N) is 5. The van der Waals surface area contributed by atoms with Crippen molar-refractivity contribution in [2.75, 3.05) is 0 Å². The molecule has 27 heavy (non-hydrogen) atoms. The molecule has 6 nitrogen and oxygen atoms in total. The molecule has 0 saturated heterocycles. The van der Waals surface area contributed by atoms with E-state index in [0.29, 0.717) is 11.4 Å². The second-order valence-corrected chi connectivity index (χ2v) is 8.02. The number of rotatable bonds is 4. The van der Waals surface area contributed by atoms with E-state index in [1.165, 1.54) is 10.2 Å². The highest BCUT2D eigenvalue weighted by Crippen LogP contribution is 2.32. The van der Waals surface area contributed by atoms with E-state index in [1.54, 1.807) is 39.8 Å². The van der Waals surface area contributed by atoms with Crippen molar-refractivity contribution in [1.82, 2.24) is 24.0 Å². The maximum absolute atomic E-state index is 12.3. The summed E-state index contributed by atoms with van der Waals surface area (Å²) in [7, 11) is 0. The zero-order valence-corrected chi connectivity index (χ0v) is 16.1. The topological polar surface area (TPSA) is 64.6 Å². The molecule has 5 aromatic rings. The molecule has 0 aromatic carbocycles. The summed E-state index contributed by atoms with van der Waals surface area (Å²) in [4.78, 5) is 16.9. The van der Waals surface area contributed by atoms with Gasteiger partial charge in [-0.1, -0.05) is 24.8 Å². The first-order valence-electron chi connectivity index (χ1n) is 8.59. The Hall–Kier alpha value is -2.71. The minimum absolute atomic E-state index is 0.0723. The van der Waals surface area contributed by atoms with Crippen LogP contribution in [-0.2, 0) is 12.2 Å². The molecule has 8 heteroatoms. The van der Waals surface area contributed by atoms with Gasteiger partial charge in [0.25, 0.3) is 5.56 Å². The van der Waals surface area contributed by atoms with E-state index in [4.69, 9.17) is 0 Å². The summed E-state index contributed by atoms with van der Waals surface area (Å²) in [6.07, 6.45) is 2.55. The monoisotopic (exact) mass is 393 g/mol. The Morgan fingerprint density at radius 2 is 2.07 bits per heavy atom. The maximum Gasteiger partial charge on any atom is 0.258 e. The molecule has 0 spiro atoms. The van der Waals surface area contributed by atoms with Crippen LogP contribution in [0, 0.1) is 0 Å². The van der Waals surface area contributed by atoms with E-state index in [2.05, 4.69) is 44.0 Å². The number of pyridine rings is 1. The number of aromatic nitrogens is 5. The van der Waals surface area contributed by atoms with Gasteiger partial charge in [0.05, 0.1) is 21.4 Å². The SMILES string of the molecule is CCc1nnc(SCc2cc(=O)n3ccccc3n2)c2cc3sccc3n12. The van der Waals surface area contributed by atoms with Crippen LogP contribution in [0.1, 0.15) is 18.4 Å². The highest BCUT2D eigenvalue weighted by molar-refractivity contribution is 7.98. The third-order valence-electron chi connectivity index (χ3n) is 4.45. The Labute approximate surface area is 162 Å². The summed E-state index contributed by atoms with van der Waals surface area (Å²) >= 11 is 3.27. The van der Waals surface area contributed by atoms with E-state index < -0.39 is 0 Å². The third-order valence-corrected chi connectivity index (χ3v) is 6.31. The second kappa shape index (κ2) is 6.47. The average molecular weight is 393 g/mol. The zero-order chi connectivity index (χ0) is 18.4. The Kier molecular flexibility index (Phi) is 3.95. The van der Waals surface area contributed by atoms with Crippen LogP contribution in [-0.4, -0.2) is 24.0 Å². The van der Waals surface area contributed by atoms with Crippen LogP contribution in [0.3, 0.4) is 0 Å². The van der Waals surface area contributed by atoms with Crippen molar-refractivity contribution in [3.8, 4) is 0 Å². The van der Waals surface area contributed by atoms with Gasteiger partial charge in [-0.2, -0.15) is 0 Å². The van der Waals surface area contributed by atoms with Crippen LogP contribution in [0.25, 0.3) is 21.4 Å². The van der Waals surface area contributed by atoms with Gasteiger partial charge in [-0.05, 0) is 29.6 Å². The second-order valence-electron chi connectivity index (χ2n) is 6.11. The largest absolute Gasteiger partial charge is 0.293 e. The van der Waals surface area contributed by atoms with Crippen LogP contribution >= 0.6 is 23.1 Å². The minimum atomic E-state index is -0.0723. The zero-order valence-electron chi connectivity index (χ0n) is 14.5. The molecule has 5 rings (SSSR count). The van der Waals surface area contributed by atoms with Crippen molar-refractivity contribution in [1.29, 1.82) is 0 Å². The summed E-state index contributed by atoms with van der Waals surface area (Å²) in [5, 5.41) is 11.8. The molecule has 0 aliphatic carbocycles. The van der Waals surface area contributed by atoms with Gasteiger partial charge in [0, 0.05) is 24.4 Å². The highest BCUT2D eigenvalue weighted by Gasteiger charge is 2.14. The Bertz CT molecular complexity index is 1350. The van der Waals surface area contributed by atoms with Crippen LogP contribution in [0.4, 0.5) is 0 Å². The van der Waals surface area contributed by atoms with E-state index in [-0.39, 0.29) is 5.56 Å². The van der Waals surface area contributed by atoms with Gasteiger partial charge in [-0.25, -0.2) is 4.98 Å². The Morgan fingerprint density at radius 1 is 1.15 bits per heavy atom. The Balaban J connectivity index is 1.55. The molecular formula is C19H15N5OS2. The molecule has 5 aromatic heterocycles. The molecule has 0 radical (unpaired) electrons. The molecule has 0 fully saturated rings. The number of aryl methyl sites for hydroxylation is 1. The first-order chi connectivity index (χ1) is 13.2. The lowest BCUT2D eigenvalue weighted by molar-refractivity contribution is 0.793. The summed E-state index contributed by atoms with van der Waals surface area (Å²) in [5.74, 6) is 1.51. The number of thiophene rings is 1. The predicted octanol–water partition coefficient (Wildman–Crippen LogP) is 3.81. The van der Waals surface area contributed by atoms with Gasteiger partial charge < -0.3 is 0 Å². The van der Waals surface area contributed by atoms with Crippen LogP contribution < -0.4 is 5.56 Å². The standard InChI is InChI=1S/C19H15N5OS2/c1-2-16-21-22-19(14-10-15-13(24(14)16)6-8-26-15)27-11-12-9-18(25)23-7-4-3-5-17(23)20-12/h3-10H,2,11H2,1H3. The van der Waals surface area contributed by atoms with Crippen molar-refractivity contribution in [3.05, 3.63) is 69.8 Å². The van der Waals surface area contributed by atoms with Crippen molar-refractivity contribution < 1.29 is 0 Å². The van der Waals surface area contributed by atoms with Gasteiger partial charge in [0.15, 0.2) is 0 Å². The van der Waals surface area contributed by atoms with Gasteiger partial charge in [0.1, 0.15) is 16.5 Å². The normalized spacial score (nSPS) is 11.7. The summed E-state index contributed by atoms with van der Waals surface area (Å²) < 4.78 is 4.95. The fourth-order valence-electron chi connectivity index (χ4n) is 3.21. The fourth-order valence-corrected chi connectivity index (χ4v) is 4.84. The maximum atomic E-state index is 12.3. The lowest BCUT2D eigenvalue weighted by Gasteiger charge is -2.07. The molecular weight excluding hydrogens is 378 g/mol. The molecule has 0 aliphatic rings. The van der Waals surface area contributed by atoms with Crippen molar-refractivity contribution >= 4 is 44.5 Å². The predicted molar refractivity (Wildman–Crippen MR) is 109 cm³/mol. The van der Waals surface area contributed by atoms with Gasteiger partial charge in [0.2, 0.25) is 0 Å². The number of hydrogen-bond donors (Lipinski definition) is 0. The molecule has 0 bridgehead atoms. The molecule has 134 valence electrons. The molecule has 0 N–H and O–H groups in total. The average Bonchev–Trinajstić information content (AvgIpc) is 3.28. The summed E-state index contributed by atoms with van der Waals surface area (Å²) in [5.41, 5.74) is 3.55. The van der Waals surface area contributed by atoms with E-state index in [9.17, 15) is 4.79 Å². The summed E-state index contributed by atoms with van der Waals surface area (Å²) in [6, 6.07) is 11.4. The summed E-state index contributed by atoms with van der Waals surface area (Å²) in [6.45, 7) is 2.08. The lowest BCUT2D eigenvalue weighted by atomic mass is 10.4. The minimum Gasteiger partial charge on any atom is -0.293 e. The molecule has 5 heterocycles. The fraction of sp³-hybridized carbons (Fsp3) is 0.158. The van der Waals surface area contributed by atoms with Gasteiger partial charge in [-0.3, -0.25) is 13.6 Å². The lowest BCUT2D eigenvalue weighted by Crippen LogP contribution is -2.14. The first-order valence-corrected chi connectivity index (χ1v) is 10.5. The number of hydrogen-bond acceptors (Lipinski definition) is 6. The first kappa shape index (κ1) is 16.5. The molecule has 0 aliphatic heterocycles. The van der Waals surface area contributed by atoms with Crippen molar-refractivity contribution in [2.45, 2.75) is 24.1 Å². The third kappa shape index (κ3) is 2.72. The van der Waals surface area contributed by atoms with E-state index in [1.807, 2.05) is 18.2 Å². The van der Waals surface area contributed by atoms with Crippen LogP contribution in [0.2, 0.25) is 0 Å². The molecule has 0 saturated carbocycles. The molecule has 0 amide bonds. The number of thioether (sulfide) groups is 1. The van der Waals surface area contributed by atoms with Gasteiger partial charge >= 0.3 is 0 Å².